The summed E-state index contributed by atoms with van der Waals surface area (Å²) in [5, 5.41) is 2.64. The lowest BCUT2D eigenvalue weighted by Gasteiger charge is -2.20. The standard InChI is InChI=1S/C10H22N2O2/c1-5-6-8(11)7-12-9(13)14-10(2,3)4/h8H,5-7,11H2,1-4H3,(H,12,13). The van der Waals surface area contributed by atoms with Gasteiger partial charge >= 0.3 is 6.09 Å². The summed E-state index contributed by atoms with van der Waals surface area (Å²) < 4.78 is 5.06. The van der Waals surface area contributed by atoms with Crippen molar-refractivity contribution in [3.8, 4) is 0 Å². The van der Waals surface area contributed by atoms with Gasteiger partial charge in [0.15, 0.2) is 0 Å². The zero-order chi connectivity index (χ0) is 11.2. The van der Waals surface area contributed by atoms with Crippen molar-refractivity contribution < 1.29 is 9.53 Å². The third kappa shape index (κ3) is 7.86. The Morgan fingerprint density at radius 2 is 2.07 bits per heavy atom. The van der Waals surface area contributed by atoms with Gasteiger partial charge in [-0.3, -0.25) is 0 Å². The topological polar surface area (TPSA) is 64.3 Å². The Bertz CT molecular complexity index is 175. The fourth-order valence-electron chi connectivity index (χ4n) is 1.00. The molecular weight excluding hydrogens is 180 g/mol. The van der Waals surface area contributed by atoms with Gasteiger partial charge in [0.1, 0.15) is 5.60 Å². The minimum absolute atomic E-state index is 0.0209. The number of nitrogens with one attached hydrogen (secondary N) is 1. The summed E-state index contributed by atoms with van der Waals surface area (Å²) in [4.78, 5) is 11.2. The van der Waals surface area contributed by atoms with E-state index in [-0.39, 0.29) is 6.04 Å². The van der Waals surface area contributed by atoms with Gasteiger partial charge in [0.25, 0.3) is 0 Å². The van der Waals surface area contributed by atoms with Crippen LogP contribution in [0.25, 0.3) is 0 Å². The minimum atomic E-state index is -0.446. The third-order valence-corrected chi connectivity index (χ3v) is 1.57. The van der Waals surface area contributed by atoms with Crippen LogP contribution in [0.4, 0.5) is 4.79 Å². The van der Waals surface area contributed by atoms with E-state index in [0.29, 0.717) is 6.54 Å². The van der Waals surface area contributed by atoms with Gasteiger partial charge in [-0.15, -0.1) is 0 Å². The second kappa shape index (κ2) is 5.86. The molecule has 3 N–H and O–H groups in total. The molecule has 84 valence electrons. The van der Waals surface area contributed by atoms with Crippen molar-refractivity contribution in [2.75, 3.05) is 6.54 Å². The SMILES string of the molecule is CCCC(N)CNC(=O)OC(C)(C)C. The molecule has 14 heavy (non-hydrogen) atoms. The molecule has 4 nitrogen and oxygen atoms in total. The van der Waals surface area contributed by atoms with Crippen LogP contribution in [0.15, 0.2) is 0 Å². The van der Waals surface area contributed by atoms with Crippen LogP contribution < -0.4 is 11.1 Å². The van der Waals surface area contributed by atoms with Crippen LogP contribution in [-0.2, 0) is 4.74 Å². The van der Waals surface area contributed by atoms with E-state index in [1.165, 1.54) is 0 Å². The van der Waals surface area contributed by atoms with Crippen LogP contribution >= 0.6 is 0 Å². The quantitative estimate of drug-likeness (QED) is 0.728. The molecule has 0 aliphatic carbocycles. The zero-order valence-electron chi connectivity index (χ0n) is 9.59. The second-order valence-electron chi connectivity index (χ2n) is 4.43. The predicted octanol–water partition coefficient (Wildman–Crippen LogP) is 1.64. The molecule has 0 bridgehead atoms. The van der Waals surface area contributed by atoms with Crippen molar-refractivity contribution in [3.05, 3.63) is 0 Å². The van der Waals surface area contributed by atoms with E-state index in [9.17, 15) is 4.79 Å². The molecule has 0 aliphatic rings. The maximum Gasteiger partial charge on any atom is 0.407 e. The monoisotopic (exact) mass is 202 g/mol. The molecule has 1 unspecified atom stereocenters. The van der Waals surface area contributed by atoms with Gasteiger partial charge in [0.2, 0.25) is 0 Å². The normalized spacial score (nSPS) is 13.5. The van der Waals surface area contributed by atoms with Crippen LogP contribution in [0.3, 0.4) is 0 Å². The summed E-state index contributed by atoms with van der Waals surface area (Å²) in [6.45, 7) is 8.03. The maximum absolute atomic E-state index is 11.2. The van der Waals surface area contributed by atoms with E-state index < -0.39 is 11.7 Å². The molecular formula is C10H22N2O2. The van der Waals surface area contributed by atoms with Gasteiger partial charge in [0.05, 0.1) is 0 Å². The van der Waals surface area contributed by atoms with Gasteiger partial charge in [-0.2, -0.15) is 0 Å². The van der Waals surface area contributed by atoms with E-state index in [0.717, 1.165) is 12.8 Å². The Morgan fingerprint density at radius 3 is 2.50 bits per heavy atom. The summed E-state index contributed by atoms with van der Waals surface area (Å²) in [7, 11) is 0. The number of carbonyl (C=O) groups is 1. The molecule has 0 fully saturated rings. The molecule has 0 aromatic rings. The van der Waals surface area contributed by atoms with Crippen LogP contribution in [0.1, 0.15) is 40.5 Å². The smallest absolute Gasteiger partial charge is 0.407 e. The maximum atomic E-state index is 11.2. The summed E-state index contributed by atoms with van der Waals surface area (Å²) >= 11 is 0. The first kappa shape index (κ1) is 13.2. The van der Waals surface area contributed by atoms with Gasteiger partial charge in [-0.1, -0.05) is 13.3 Å². The lowest BCUT2D eigenvalue weighted by molar-refractivity contribution is 0.0524. The first-order valence-electron chi connectivity index (χ1n) is 5.07. The summed E-state index contributed by atoms with van der Waals surface area (Å²) in [5.41, 5.74) is 5.28. The summed E-state index contributed by atoms with van der Waals surface area (Å²) in [6, 6.07) is 0.0209. The molecule has 1 atom stereocenters. The molecule has 1 amide bonds. The van der Waals surface area contributed by atoms with Crippen LogP contribution in [0.2, 0.25) is 0 Å². The molecule has 0 rings (SSSR count). The average Bonchev–Trinajstić information content (AvgIpc) is 1.98. The Balaban J connectivity index is 3.64. The highest BCUT2D eigenvalue weighted by Crippen LogP contribution is 2.06. The Morgan fingerprint density at radius 1 is 1.50 bits per heavy atom. The first-order chi connectivity index (χ1) is 6.35. The highest BCUT2D eigenvalue weighted by molar-refractivity contribution is 5.67. The number of rotatable bonds is 4. The molecule has 0 radical (unpaired) electrons. The number of alkyl carbamates (subject to hydrolysis) is 1. The average molecular weight is 202 g/mol. The van der Waals surface area contributed by atoms with Crippen molar-refractivity contribution in [2.24, 2.45) is 5.73 Å². The van der Waals surface area contributed by atoms with E-state index in [2.05, 4.69) is 12.2 Å². The molecule has 0 saturated carbocycles. The van der Waals surface area contributed by atoms with Crippen molar-refractivity contribution in [1.29, 1.82) is 0 Å². The number of hydrogen-bond acceptors (Lipinski definition) is 3. The van der Waals surface area contributed by atoms with Crippen LogP contribution in [0, 0.1) is 0 Å². The van der Waals surface area contributed by atoms with E-state index in [1.807, 2.05) is 20.8 Å². The number of nitrogens with two attached hydrogens (primary N) is 1. The molecule has 0 heterocycles. The molecule has 0 aromatic heterocycles. The van der Waals surface area contributed by atoms with E-state index in [1.54, 1.807) is 0 Å². The largest absolute Gasteiger partial charge is 0.444 e. The summed E-state index contributed by atoms with van der Waals surface area (Å²) in [6.07, 6.45) is 1.54. The van der Waals surface area contributed by atoms with Gasteiger partial charge < -0.3 is 15.8 Å². The number of ether oxygens (including phenoxy) is 1. The van der Waals surface area contributed by atoms with Crippen LogP contribution in [-0.4, -0.2) is 24.3 Å². The predicted molar refractivity (Wildman–Crippen MR) is 57.1 cm³/mol. The van der Waals surface area contributed by atoms with Gasteiger partial charge in [0, 0.05) is 12.6 Å². The number of hydrogen-bond donors (Lipinski definition) is 2. The lowest BCUT2D eigenvalue weighted by atomic mass is 10.2. The van der Waals surface area contributed by atoms with E-state index >= 15 is 0 Å². The third-order valence-electron chi connectivity index (χ3n) is 1.57. The fraction of sp³-hybridized carbons (Fsp3) is 0.900. The Kier molecular flexibility index (Phi) is 5.53. The van der Waals surface area contributed by atoms with Gasteiger partial charge in [-0.05, 0) is 27.2 Å². The van der Waals surface area contributed by atoms with Crippen LogP contribution in [0.5, 0.6) is 0 Å². The highest BCUT2D eigenvalue weighted by Gasteiger charge is 2.16. The zero-order valence-corrected chi connectivity index (χ0v) is 9.59. The Labute approximate surface area is 86.2 Å². The minimum Gasteiger partial charge on any atom is -0.444 e. The van der Waals surface area contributed by atoms with Gasteiger partial charge in [-0.25, -0.2) is 4.79 Å². The number of carbonyl (C=O) groups excluding carboxylic acids is 1. The second-order valence-corrected chi connectivity index (χ2v) is 4.43. The molecule has 0 aliphatic heterocycles. The molecule has 4 heteroatoms. The Hall–Kier alpha value is -0.770. The number of amides is 1. The summed E-state index contributed by atoms with van der Waals surface area (Å²) in [5.74, 6) is 0. The van der Waals surface area contributed by atoms with Crippen molar-refractivity contribution >= 4 is 6.09 Å². The lowest BCUT2D eigenvalue weighted by Crippen LogP contribution is -2.40. The fourth-order valence-corrected chi connectivity index (χ4v) is 1.00. The van der Waals surface area contributed by atoms with E-state index in [4.69, 9.17) is 10.5 Å². The molecule has 0 saturated heterocycles. The molecule has 0 spiro atoms. The highest BCUT2D eigenvalue weighted by atomic mass is 16.6. The molecule has 0 aromatic carbocycles. The first-order valence-corrected chi connectivity index (χ1v) is 5.07. The van der Waals surface area contributed by atoms with Crippen molar-refractivity contribution in [1.82, 2.24) is 5.32 Å². The van der Waals surface area contributed by atoms with Crippen molar-refractivity contribution in [2.45, 2.75) is 52.2 Å². The van der Waals surface area contributed by atoms with Crippen molar-refractivity contribution in [3.63, 3.8) is 0 Å².